The highest BCUT2D eigenvalue weighted by molar-refractivity contribution is 8.09. The van der Waals surface area contributed by atoms with Gasteiger partial charge in [0.25, 0.3) is 5.91 Å². The van der Waals surface area contributed by atoms with E-state index in [4.69, 9.17) is 39.8 Å². The topological polar surface area (TPSA) is 136 Å². The third-order valence-electron chi connectivity index (χ3n) is 10.7. The molecule has 0 saturated carbocycles. The number of nitrogens with zero attached hydrogens (tertiary/aromatic N) is 2. The second kappa shape index (κ2) is 19.0. The number of amides is 1. The smallest absolute Gasteiger partial charge is 0.351 e. The molecule has 4 atom stereocenters. The standard InChI is InChI=1S/C48H48N3O9PS/c1-31-27-32(2)44(33(3)28-31)46(53)60-61(6,62)59-40-29-43(51-26-25-42(50-47(51)54)49-45(52)34-13-9-7-10-14-34)58-41(40)30-57-48(35-15-11-8-12-16-35,36-17-21-38(55-4)22-18-36)37-19-23-39(56-5)24-20-37/h7-28,40-41,43H,29-30H2,1-6H3,(H,49,50,52,54)/t40-,41+,43+,61+/m0/s1. The number of rotatable bonds is 15. The number of carbonyl (C=O) groups excluding carboxylic acids is 2. The largest absolute Gasteiger partial charge is 0.497 e. The summed E-state index contributed by atoms with van der Waals surface area (Å²) in [4.78, 5) is 44.4. The molecule has 1 aliphatic heterocycles. The Balaban J connectivity index is 1.24. The van der Waals surface area contributed by atoms with Gasteiger partial charge in [-0.3, -0.25) is 9.36 Å². The first-order chi connectivity index (χ1) is 29.8. The van der Waals surface area contributed by atoms with Crippen LogP contribution >= 0.6 is 6.49 Å². The first kappa shape index (κ1) is 44.1. The van der Waals surface area contributed by atoms with Gasteiger partial charge in [0, 0.05) is 24.8 Å². The lowest BCUT2D eigenvalue weighted by Crippen LogP contribution is -2.38. The average molecular weight is 874 g/mol. The Bertz CT molecular complexity index is 2570. The van der Waals surface area contributed by atoms with E-state index in [1.54, 1.807) is 51.2 Å². The molecule has 0 unspecified atom stereocenters. The number of anilines is 1. The van der Waals surface area contributed by atoms with E-state index in [1.807, 2.05) is 112 Å². The minimum Gasteiger partial charge on any atom is -0.497 e. The molecule has 0 bridgehead atoms. The lowest BCUT2D eigenvalue weighted by atomic mass is 9.80. The van der Waals surface area contributed by atoms with Gasteiger partial charge in [0.15, 0.2) is 0 Å². The summed E-state index contributed by atoms with van der Waals surface area (Å²) in [5.41, 5.74) is 3.96. The van der Waals surface area contributed by atoms with E-state index in [-0.39, 0.29) is 18.8 Å². The van der Waals surface area contributed by atoms with Crippen LogP contribution in [-0.4, -0.2) is 61.1 Å². The van der Waals surface area contributed by atoms with Crippen LogP contribution in [0.3, 0.4) is 0 Å². The van der Waals surface area contributed by atoms with Gasteiger partial charge in [-0.25, -0.2) is 9.59 Å². The van der Waals surface area contributed by atoms with Crippen molar-refractivity contribution in [3.05, 3.63) is 189 Å². The number of hydrogen-bond acceptors (Lipinski definition) is 11. The van der Waals surface area contributed by atoms with Crippen molar-refractivity contribution < 1.29 is 37.6 Å². The van der Waals surface area contributed by atoms with Gasteiger partial charge in [0.05, 0.1) is 32.5 Å². The van der Waals surface area contributed by atoms with Crippen molar-refractivity contribution in [1.29, 1.82) is 0 Å². The van der Waals surface area contributed by atoms with E-state index in [2.05, 4.69) is 10.3 Å². The van der Waals surface area contributed by atoms with Crippen LogP contribution in [0.4, 0.5) is 5.82 Å². The van der Waals surface area contributed by atoms with Crippen LogP contribution in [0.5, 0.6) is 11.5 Å². The van der Waals surface area contributed by atoms with E-state index >= 15 is 0 Å². The molecule has 5 aromatic carbocycles. The quantitative estimate of drug-likeness (QED) is 0.0783. The van der Waals surface area contributed by atoms with Crippen LogP contribution in [0.2, 0.25) is 0 Å². The summed E-state index contributed by atoms with van der Waals surface area (Å²) in [6, 6.07) is 39.1. The monoisotopic (exact) mass is 873 g/mol. The molecule has 1 saturated heterocycles. The van der Waals surface area contributed by atoms with Crippen molar-refractivity contribution in [3.8, 4) is 11.5 Å². The van der Waals surface area contributed by atoms with Gasteiger partial charge in [-0.05, 0) is 103 Å². The molecule has 62 heavy (non-hydrogen) atoms. The van der Waals surface area contributed by atoms with Gasteiger partial charge >= 0.3 is 11.7 Å². The van der Waals surface area contributed by atoms with Crippen LogP contribution in [0, 0.1) is 20.8 Å². The Kier molecular flexibility index (Phi) is 13.5. The highest BCUT2D eigenvalue weighted by Crippen LogP contribution is 2.51. The number of methoxy groups -OCH3 is 2. The number of hydrogen-bond donors (Lipinski definition) is 1. The molecule has 1 aromatic heterocycles. The van der Waals surface area contributed by atoms with Crippen molar-refractivity contribution in [1.82, 2.24) is 9.55 Å². The zero-order valence-corrected chi connectivity index (χ0v) is 37.0. The summed E-state index contributed by atoms with van der Waals surface area (Å²) < 4.78 is 38.9. The highest BCUT2D eigenvalue weighted by atomic mass is 32.5. The number of carbonyl (C=O) groups is 2. The van der Waals surface area contributed by atoms with E-state index in [0.29, 0.717) is 22.6 Å². The molecule has 12 nitrogen and oxygen atoms in total. The zero-order chi connectivity index (χ0) is 44.0. The maximum absolute atomic E-state index is 13.7. The third kappa shape index (κ3) is 9.73. The molecule has 0 aliphatic carbocycles. The van der Waals surface area contributed by atoms with Crippen LogP contribution in [0.25, 0.3) is 0 Å². The van der Waals surface area contributed by atoms with Gasteiger partial charge in [-0.1, -0.05) is 90.5 Å². The molecule has 1 amide bonds. The second-order valence-electron chi connectivity index (χ2n) is 15.1. The maximum Gasteiger partial charge on any atom is 0.351 e. The molecule has 320 valence electrons. The van der Waals surface area contributed by atoms with Gasteiger partial charge < -0.3 is 33.3 Å². The first-order valence-corrected chi connectivity index (χ1v) is 23.1. The fraction of sp³-hybridized carbons (Fsp3) is 0.250. The van der Waals surface area contributed by atoms with Gasteiger partial charge in [-0.2, -0.15) is 4.98 Å². The van der Waals surface area contributed by atoms with Gasteiger partial charge in [0.2, 0.25) is 6.49 Å². The summed E-state index contributed by atoms with van der Waals surface area (Å²) in [5, 5.41) is 2.68. The molecule has 2 heterocycles. The maximum atomic E-state index is 13.7. The molecule has 1 fully saturated rings. The fourth-order valence-corrected chi connectivity index (χ4v) is 9.54. The minimum atomic E-state index is -3.32. The SMILES string of the molecule is COc1ccc(C(OC[C@H]2O[C@@H](n3ccc(NC(=O)c4ccccc4)nc3=O)C[C@@H]2O[P@@](C)(=S)OC(=O)c2c(C)cc(C)cc2C)(c2ccccc2)c2ccc(OC)cc2)cc1. The van der Waals surface area contributed by atoms with Crippen molar-refractivity contribution >= 4 is 36.0 Å². The van der Waals surface area contributed by atoms with Crippen LogP contribution in [-0.2, 0) is 35.9 Å². The molecule has 14 heteroatoms. The van der Waals surface area contributed by atoms with Gasteiger partial charge in [-0.15, -0.1) is 0 Å². The average Bonchev–Trinajstić information content (AvgIpc) is 3.65. The van der Waals surface area contributed by atoms with Crippen molar-refractivity contribution in [2.45, 2.75) is 51.2 Å². The Morgan fingerprint density at radius 2 is 1.37 bits per heavy atom. The number of nitrogens with one attached hydrogen (secondary N) is 1. The summed E-state index contributed by atoms with van der Waals surface area (Å²) in [7, 11) is 3.22. The van der Waals surface area contributed by atoms with E-state index in [0.717, 1.165) is 33.4 Å². The van der Waals surface area contributed by atoms with E-state index < -0.39 is 48.1 Å². The summed E-state index contributed by atoms with van der Waals surface area (Å²) in [5.74, 6) is 0.433. The molecule has 6 aromatic rings. The summed E-state index contributed by atoms with van der Waals surface area (Å²) in [6.07, 6.45) is -0.912. The summed E-state index contributed by atoms with van der Waals surface area (Å²) >= 11 is 5.94. The van der Waals surface area contributed by atoms with Crippen LogP contribution in [0.1, 0.15) is 66.7 Å². The predicted molar refractivity (Wildman–Crippen MR) is 241 cm³/mol. The van der Waals surface area contributed by atoms with E-state index in [1.165, 1.54) is 16.8 Å². The summed E-state index contributed by atoms with van der Waals surface area (Å²) in [6.45, 7) is 3.89. The lowest BCUT2D eigenvalue weighted by Gasteiger charge is -2.37. The first-order valence-electron chi connectivity index (χ1n) is 20.0. The molecule has 7 rings (SSSR count). The third-order valence-corrected chi connectivity index (χ3v) is 12.3. The normalized spacial score (nSPS) is 17.2. The minimum absolute atomic E-state index is 0.0685. The Morgan fingerprint density at radius 1 is 0.823 bits per heavy atom. The molecule has 0 spiro atoms. The fourth-order valence-electron chi connectivity index (χ4n) is 7.86. The van der Waals surface area contributed by atoms with E-state index in [9.17, 15) is 14.4 Å². The van der Waals surface area contributed by atoms with Crippen LogP contribution in [0.15, 0.2) is 138 Å². The molecular weight excluding hydrogens is 826 g/mol. The van der Waals surface area contributed by atoms with Crippen molar-refractivity contribution in [2.24, 2.45) is 0 Å². The number of ether oxygens (including phenoxy) is 4. The Labute approximate surface area is 365 Å². The Hall–Kier alpha value is -5.95. The lowest BCUT2D eigenvalue weighted by molar-refractivity contribution is -0.0915. The van der Waals surface area contributed by atoms with Crippen molar-refractivity contribution in [3.63, 3.8) is 0 Å². The molecule has 0 radical (unpaired) electrons. The number of aromatic nitrogens is 2. The van der Waals surface area contributed by atoms with Gasteiger partial charge in [0.1, 0.15) is 35.2 Å². The number of aryl methyl sites for hydroxylation is 3. The zero-order valence-electron chi connectivity index (χ0n) is 35.3. The molecular formula is C48H48N3O9PS. The Morgan fingerprint density at radius 3 is 1.92 bits per heavy atom. The predicted octanol–water partition coefficient (Wildman–Crippen LogP) is 8.92. The van der Waals surface area contributed by atoms with Crippen LogP contribution < -0.4 is 20.5 Å². The highest BCUT2D eigenvalue weighted by Gasteiger charge is 2.44. The second-order valence-corrected chi connectivity index (χ2v) is 19.0. The molecule has 1 N–H and O–H groups in total. The van der Waals surface area contributed by atoms with Crippen molar-refractivity contribution in [2.75, 3.05) is 32.8 Å². The number of benzene rings is 5. The molecule has 1 aliphatic rings.